The summed E-state index contributed by atoms with van der Waals surface area (Å²) in [6.07, 6.45) is 0.457. The molecule has 0 radical (unpaired) electrons. The van der Waals surface area contributed by atoms with Crippen LogP contribution in [0.3, 0.4) is 0 Å². The van der Waals surface area contributed by atoms with Crippen LogP contribution in [-0.4, -0.2) is 56.7 Å². The third-order valence-electron chi connectivity index (χ3n) is 4.83. The number of piperazine rings is 1. The standard InChI is InChI=1S/C21H24FN3O3/c1-28-20(26)17-6-4-7-18(15-17)24-11-13-25(14-12-24)21(27)23-10-9-16-5-2-3-8-19(16)22/h2-8,15H,9-14H2,1H3,(H,23,27). The van der Waals surface area contributed by atoms with Gasteiger partial charge in [0.15, 0.2) is 0 Å². The second-order valence-electron chi connectivity index (χ2n) is 6.59. The highest BCUT2D eigenvalue weighted by molar-refractivity contribution is 5.90. The summed E-state index contributed by atoms with van der Waals surface area (Å²) < 4.78 is 18.4. The highest BCUT2D eigenvalue weighted by Crippen LogP contribution is 2.19. The first-order valence-electron chi connectivity index (χ1n) is 9.28. The van der Waals surface area contributed by atoms with E-state index < -0.39 is 0 Å². The van der Waals surface area contributed by atoms with Gasteiger partial charge in [-0.05, 0) is 36.2 Å². The fourth-order valence-electron chi connectivity index (χ4n) is 3.23. The predicted molar refractivity (Wildman–Crippen MR) is 105 cm³/mol. The number of methoxy groups -OCH3 is 1. The van der Waals surface area contributed by atoms with Crippen molar-refractivity contribution >= 4 is 17.7 Å². The Kier molecular flexibility index (Phi) is 6.47. The molecule has 7 heteroatoms. The van der Waals surface area contributed by atoms with Gasteiger partial charge < -0.3 is 19.9 Å². The van der Waals surface area contributed by atoms with E-state index in [1.165, 1.54) is 13.2 Å². The van der Waals surface area contributed by atoms with Gasteiger partial charge in [0.1, 0.15) is 5.82 Å². The summed E-state index contributed by atoms with van der Waals surface area (Å²) in [7, 11) is 1.36. The molecule has 0 aromatic heterocycles. The molecule has 0 saturated carbocycles. The van der Waals surface area contributed by atoms with E-state index in [-0.39, 0.29) is 17.8 Å². The Labute approximate surface area is 163 Å². The average Bonchev–Trinajstić information content (AvgIpc) is 2.74. The molecule has 1 N–H and O–H groups in total. The minimum atomic E-state index is -0.366. The molecule has 1 aliphatic heterocycles. The van der Waals surface area contributed by atoms with Crippen LogP contribution >= 0.6 is 0 Å². The molecule has 1 aliphatic rings. The Hall–Kier alpha value is -3.09. The lowest BCUT2D eigenvalue weighted by Crippen LogP contribution is -2.52. The van der Waals surface area contributed by atoms with Gasteiger partial charge in [0.2, 0.25) is 0 Å². The molecule has 0 unspecified atom stereocenters. The van der Waals surface area contributed by atoms with Crippen LogP contribution in [0.4, 0.5) is 14.9 Å². The number of hydrogen-bond donors (Lipinski definition) is 1. The Morgan fingerprint density at radius 1 is 1.07 bits per heavy atom. The molecular weight excluding hydrogens is 361 g/mol. The third-order valence-corrected chi connectivity index (χ3v) is 4.83. The zero-order valence-electron chi connectivity index (χ0n) is 15.9. The van der Waals surface area contributed by atoms with E-state index in [1.807, 2.05) is 12.1 Å². The number of carbonyl (C=O) groups excluding carboxylic acids is 2. The minimum absolute atomic E-state index is 0.140. The van der Waals surface area contributed by atoms with E-state index in [0.29, 0.717) is 50.3 Å². The number of nitrogens with one attached hydrogen (secondary N) is 1. The van der Waals surface area contributed by atoms with Crippen molar-refractivity contribution in [2.24, 2.45) is 0 Å². The summed E-state index contributed by atoms with van der Waals surface area (Å²) in [4.78, 5) is 27.9. The van der Waals surface area contributed by atoms with Crippen LogP contribution in [0.2, 0.25) is 0 Å². The number of rotatable bonds is 5. The average molecular weight is 385 g/mol. The van der Waals surface area contributed by atoms with Crippen molar-refractivity contribution < 1.29 is 18.7 Å². The second kappa shape index (κ2) is 9.21. The predicted octanol–water partition coefficient (Wildman–Crippen LogP) is 2.69. The van der Waals surface area contributed by atoms with Gasteiger partial charge in [0.05, 0.1) is 12.7 Å². The van der Waals surface area contributed by atoms with Crippen LogP contribution in [0.15, 0.2) is 48.5 Å². The highest BCUT2D eigenvalue weighted by Gasteiger charge is 2.21. The van der Waals surface area contributed by atoms with Gasteiger partial charge in [0.25, 0.3) is 0 Å². The van der Waals surface area contributed by atoms with Gasteiger partial charge in [-0.1, -0.05) is 24.3 Å². The van der Waals surface area contributed by atoms with E-state index >= 15 is 0 Å². The number of carbonyl (C=O) groups is 2. The van der Waals surface area contributed by atoms with E-state index in [4.69, 9.17) is 4.74 Å². The maximum atomic E-state index is 13.6. The number of halogens is 1. The molecule has 2 amide bonds. The molecule has 28 heavy (non-hydrogen) atoms. The number of hydrogen-bond acceptors (Lipinski definition) is 4. The Morgan fingerprint density at radius 3 is 2.54 bits per heavy atom. The molecule has 0 spiro atoms. The fraction of sp³-hybridized carbons (Fsp3) is 0.333. The van der Waals surface area contributed by atoms with Gasteiger partial charge in [0, 0.05) is 38.4 Å². The fourth-order valence-corrected chi connectivity index (χ4v) is 3.23. The lowest BCUT2D eigenvalue weighted by Gasteiger charge is -2.36. The Balaban J connectivity index is 1.48. The summed E-state index contributed by atoms with van der Waals surface area (Å²) in [5.41, 5.74) is 2.04. The molecule has 6 nitrogen and oxygen atoms in total. The summed E-state index contributed by atoms with van der Waals surface area (Å²) in [5, 5.41) is 2.85. The smallest absolute Gasteiger partial charge is 0.337 e. The van der Waals surface area contributed by atoms with Crippen molar-refractivity contribution in [1.82, 2.24) is 10.2 Å². The molecule has 1 saturated heterocycles. The number of esters is 1. The topological polar surface area (TPSA) is 61.9 Å². The monoisotopic (exact) mass is 385 g/mol. The first-order valence-corrected chi connectivity index (χ1v) is 9.28. The third kappa shape index (κ3) is 4.79. The summed E-state index contributed by atoms with van der Waals surface area (Å²) in [6.45, 7) is 2.89. The summed E-state index contributed by atoms with van der Waals surface area (Å²) >= 11 is 0. The Bertz CT molecular complexity index is 835. The van der Waals surface area contributed by atoms with E-state index in [1.54, 1.807) is 35.2 Å². The minimum Gasteiger partial charge on any atom is -0.465 e. The van der Waals surface area contributed by atoms with Crippen LogP contribution < -0.4 is 10.2 Å². The highest BCUT2D eigenvalue weighted by atomic mass is 19.1. The van der Waals surface area contributed by atoms with Gasteiger partial charge in [-0.25, -0.2) is 14.0 Å². The number of urea groups is 1. The van der Waals surface area contributed by atoms with E-state index in [9.17, 15) is 14.0 Å². The number of amides is 2. The van der Waals surface area contributed by atoms with Crippen LogP contribution in [0.5, 0.6) is 0 Å². The van der Waals surface area contributed by atoms with Crippen molar-refractivity contribution in [2.45, 2.75) is 6.42 Å². The lowest BCUT2D eigenvalue weighted by atomic mass is 10.1. The van der Waals surface area contributed by atoms with Crippen LogP contribution in [0.1, 0.15) is 15.9 Å². The lowest BCUT2D eigenvalue weighted by molar-refractivity contribution is 0.0600. The largest absolute Gasteiger partial charge is 0.465 e. The molecule has 0 aliphatic carbocycles. The first-order chi connectivity index (χ1) is 13.6. The Morgan fingerprint density at radius 2 is 1.82 bits per heavy atom. The maximum Gasteiger partial charge on any atom is 0.337 e. The second-order valence-corrected chi connectivity index (χ2v) is 6.59. The zero-order valence-corrected chi connectivity index (χ0v) is 15.9. The van der Waals surface area contributed by atoms with Gasteiger partial charge >= 0.3 is 12.0 Å². The van der Waals surface area contributed by atoms with Crippen molar-refractivity contribution in [3.63, 3.8) is 0 Å². The molecule has 148 valence electrons. The molecular formula is C21H24FN3O3. The molecule has 3 rings (SSSR count). The van der Waals surface area contributed by atoms with Crippen molar-refractivity contribution in [2.75, 3.05) is 44.7 Å². The van der Waals surface area contributed by atoms with Gasteiger partial charge in [-0.15, -0.1) is 0 Å². The molecule has 0 bridgehead atoms. The van der Waals surface area contributed by atoms with E-state index in [0.717, 1.165) is 5.69 Å². The van der Waals surface area contributed by atoms with Crippen LogP contribution in [0, 0.1) is 5.82 Å². The molecule has 1 fully saturated rings. The normalized spacial score (nSPS) is 13.9. The summed E-state index contributed by atoms with van der Waals surface area (Å²) in [6, 6.07) is 13.7. The number of benzene rings is 2. The quantitative estimate of drug-likeness (QED) is 0.804. The van der Waals surface area contributed by atoms with Gasteiger partial charge in [-0.3, -0.25) is 0 Å². The molecule has 2 aromatic rings. The van der Waals surface area contributed by atoms with Crippen molar-refractivity contribution in [3.05, 3.63) is 65.5 Å². The molecule has 1 heterocycles. The van der Waals surface area contributed by atoms with Crippen LogP contribution in [0.25, 0.3) is 0 Å². The van der Waals surface area contributed by atoms with Crippen LogP contribution in [-0.2, 0) is 11.2 Å². The van der Waals surface area contributed by atoms with E-state index in [2.05, 4.69) is 10.2 Å². The van der Waals surface area contributed by atoms with Gasteiger partial charge in [-0.2, -0.15) is 0 Å². The number of anilines is 1. The summed E-state index contributed by atoms with van der Waals surface area (Å²) in [5.74, 6) is -0.616. The maximum absolute atomic E-state index is 13.6. The number of nitrogens with zero attached hydrogens (tertiary/aromatic N) is 2. The first kappa shape index (κ1) is 19.7. The number of ether oxygens (including phenoxy) is 1. The van der Waals surface area contributed by atoms with Crippen molar-refractivity contribution in [3.8, 4) is 0 Å². The van der Waals surface area contributed by atoms with Crippen molar-refractivity contribution in [1.29, 1.82) is 0 Å². The SMILES string of the molecule is COC(=O)c1cccc(N2CCN(C(=O)NCCc3ccccc3F)CC2)c1. The zero-order chi connectivity index (χ0) is 19.9. The molecule has 2 aromatic carbocycles. The molecule has 0 atom stereocenters.